The zero-order valence-electron chi connectivity index (χ0n) is 12.0. The van der Waals surface area contributed by atoms with Gasteiger partial charge in [0, 0.05) is 30.8 Å². The Morgan fingerprint density at radius 2 is 1.70 bits per heavy atom. The lowest BCUT2D eigenvalue weighted by molar-refractivity contribution is -0.116. The van der Waals surface area contributed by atoms with Gasteiger partial charge in [0.25, 0.3) is 0 Å². The molecule has 0 heterocycles. The van der Waals surface area contributed by atoms with Gasteiger partial charge >= 0.3 is 0 Å². The first-order chi connectivity index (χ1) is 9.58. The van der Waals surface area contributed by atoms with E-state index in [1.54, 1.807) is 19.1 Å². The van der Waals surface area contributed by atoms with Crippen molar-refractivity contribution in [2.45, 2.75) is 39.5 Å². The molecule has 0 aliphatic heterocycles. The highest BCUT2D eigenvalue weighted by Gasteiger charge is 2.09. The summed E-state index contributed by atoms with van der Waals surface area (Å²) in [6, 6.07) is 5.41. The van der Waals surface area contributed by atoms with Crippen LogP contribution in [0.25, 0.3) is 0 Å². The molecule has 110 valence electrons. The number of aliphatic hydroxyl groups excluding tert-OH is 1. The molecule has 0 aliphatic carbocycles. The summed E-state index contributed by atoms with van der Waals surface area (Å²) < 4.78 is 0. The van der Waals surface area contributed by atoms with Crippen LogP contribution >= 0.6 is 0 Å². The minimum absolute atomic E-state index is 0.0560. The Balaban J connectivity index is 2.68. The second-order valence-corrected chi connectivity index (χ2v) is 4.61. The number of nitrogens with one attached hydrogen (secondary N) is 2. The summed E-state index contributed by atoms with van der Waals surface area (Å²) in [7, 11) is 0. The van der Waals surface area contributed by atoms with E-state index in [-0.39, 0.29) is 18.4 Å². The number of carbonyl (C=O) groups is 2. The first-order valence-corrected chi connectivity index (χ1v) is 6.88. The Morgan fingerprint density at radius 3 is 2.25 bits per heavy atom. The third-order valence-electron chi connectivity index (χ3n) is 3.02. The van der Waals surface area contributed by atoms with Crippen molar-refractivity contribution in [3.05, 3.63) is 23.8 Å². The smallest absolute Gasteiger partial charge is 0.224 e. The van der Waals surface area contributed by atoms with Crippen LogP contribution in [0.4, 0.5) is 11.4 Å². The number of benzene rings is 1. The van der Waals surface area contributed by atoms with E-state index in [0.29, 0.717) is 37.1 Å². The third kappa shape index (κ3) is 5.01. The van der Waals surface area contributed by atoms with Gasteiger partial charge in [-0.05, 0) is 37.5 Å². The average molecular weight is 278 g/mol. The first kappa shape index (κ1) is 16.2. The minimum Gasteiger partial charge on any atom is -0.396 e. The second-order valence-electron chi connectivity index (χ2n) is 4.61. The maximum atomic E-state index is 11.7. The van der Waals surface area contributed by atoms with Crippen LogP contribution in [0.1, 0.15) is 38.2 Å². The van der Waals surface area contributed by atoms with Gasteiger partial charge in [-0.2, -0.15) is 0 Å². The highest BCUT2D eigenvalue weighted by atomic mass is 16.3. The van der Waals surface area contributed by atoms with Gasteiger partial charge in [-0.15, -0.1) is 0 Å². The van der Waals surface area contributed by atoms with E-state index in [9.17, 15) is 9.59 Å². The monoisotopic (exact) mass is 278 g/mol. The van der Waals surface area contributed by atoms with Crippen molar-refractivity contribution >= 4 is 23.2 Å². The average Bonchev–Trinajstić information content (AvgIpc) is 2.43. The standard InChI is InChI=1S/C15H22N2O3/c1-3-14(19)16-12-7-6-8-13(11(12)2)17-15(20)9-4-5-10-18/h6-8,18H,3-5,9-10H2,1-2H3,(H,16,19)(H,17,20). The summed E-state index contributed by atoms with van der Waals surface area (Å²) in [5.41, 5.74) is 2.25. The van der Waals surface area contributed by atoms with Gasteiger partial charge in [-0.25, -0.2) is 0 Å². The number of hydrogen-bond acceptors (Lipinski definition) is 3. The van der Waals surface area contributed by atoms with Crippen LogP contribution in [-0.2, 0) is 9.59 Å². The van der Waals surface area contributed by atoms with Crippen molar-refractivity contribution in [3.8, 4) is 0 Å². The molecule has 1 rings (SSSR count). The Bertz CT molecular complexity index is 472. The van der Waals surface area contributed by atoms with Crippen molar-refractivity contribution in [3.63, 3.8) is 0 Å². The highest BCUT2D eigenvalue weighted by molar-refractivity contribution is 5.95. The van der Waals surface area contributed by atoms with Crippen LogP contribution < -0.4 is 10.6 Å². The minimum atomic E-state index is -0.0829. The molecule has 3 N–H and O–H groups in total. The molecule has 1 aromatic rings. The number of carbonyl (C=O) groups excluding carboxylic acids is 2. The summed E-state index contributed by atoms with van der Waals surface area (Å²) in [6.07, 6.45) is 2.08. The lowest BCUT2D eigenvalue weighted by Crippen LogP contribution is -2.14. The SMILES string of the molecule is CCC(=O)Nc1cccc(NC(=O)CCCCO)c1C. The van der Waals surface area contributed by atoms with Crippen molar-refractivity contribution in [2.75, 3.05) is 17.2 Å². The number of hydrogen-bond donors (Lipinski definition) is 3. The van der Waals surface area contributed by atoms with Crippen molar-refractivity contribution < 1.29 is 14.7 Å². The Hall–Kier alpha value is -1.88. The molecule has 5 heteroatoms. The molecular formula is C15H22N2O3. The molecule has 0 aliphatic rings. The van der Waals surface area contributed by atoms with Crippen LogP contribution in [0.15, 0.2) is 18.2 Å². The molecule has 0 radical (unpaired) electrons. The zero-order chi connectivity index (χ0) is 15.0. The molecule has 0 fully saturated rings. The Kier molecular flexibility index (Phi) is 6.73. The van der Waals surface area contributed by atoms with Gasteiger partial charge in [-0.1, -0.05) is 13.0 Å². The number of rotatable bonds is 7. The topological polar surface area (TPSA) is 78.4 Å². The van der Waals surface area contributed by atoms with Crippen LogP contribution in [-0.4, -0.2) is 23.5 Å². The largest absolute Gasteiger partial charge is 0.396 e. The quantitative estimate of drug-likeness (QED) is 0.670. The molecule has 0 unspecified atom stereocenters. The normalized spacial score (nSPS) is 10.2. The van der Waals surface area contributed by atoms with Gasteiger partial charge in [0.1, 0.15) is 0 Å². The predicted octanol–water partition coefficient (Wildman–Crippen LogP) is 2.44. The third-order valence-corrected chi connectivity index (χ3v) is 3.02. The summed E-state index contributed by atoms with van der Waals surface area (Å²) in [4.78, 5) is 23.2. The zero-order valence-corrected chi connectivity index (χ0v) is 12.0. The second kappa shape index (κ2) is 8.32. The molecular weight excluding hydrogens is 256 g/mol. The van der Waals surface area contributed by atoms with E-state index in [2.05, 4.69) is 10.6 Å². The molecule has 0 saturated carbocycles. The molecule has 0 bridgehead atoms. The van der Waals surface area contributed by atoms with Gasteiger partial charge in [0.05, 0.1) is 0 Å². The van der Waals surface area contributed by atoms with E-state index >= 15 is 0 Å². The van der Waals surface area contributed by atoms with Crippen LogP contribution in [0.2, 0.25) is 0 Å². The molecule has 20 heavy (non-hydrogen) atoms. The van der Waals surface area contributed by atoms with Crippen molar-refractivity contribution in [1.82, 2.24) is 0 Å². The molecule has 5 nitrogen and oxygen atoms in total. The molecule has 0 aromatic heterocycles. The fourth-order valence-corrected chi connectivity index (χ4v) is 1.76. The summed E-state index contributed by atoms with van der Waals surface area (Å²) in [6.45, 7) is 3.75. The number of aliphatic hydroxyl groups is 1. The fraction of sp³-hybridized carbons (Fsp3) is 0.467. The van der Waals surface area contributed by atoms with Gasteiger partial charge in [0.2, 0.25) is 11.8 Å². The van der Waals surface area contributed by atoms with Gasteiger partial charge < -0.3 is 15.7 Å². The fourth-order valence-electron chi connectivity index (χ4n) is 1.76. The number of amides is 2. The summed E-state index contributed by atoms with van der Waals surface area (Å²) >= 11 is 0. The van der Waals surface area contributed by atoms with E-state index < -0.39 is 0 Å². The highest BCUT2D eigenvalue weighted by Crippen LogP contribution is 2.23. The molecule has 0 spiro atoms. The lowest BCUT2D eigenvalue weighted by Gasteiger charge is -2.13. The number of unbranched alkanes of at least 4 members (excludes halogenated alkanes) is 1. The molecule has 0 atom stereocenters. The molecule has 1 aromatic carbocycles. The first-order valence-electron chi connectivity index (χ1n) is 6.88. The maximum Gasteiger partial charge on any atom is 0.224 e. The predicted molar refractivity (Wildman–Crippen MR) is 79.7 cm³/mol. The van der Waals surface area contributed by atoms with E-state index in [0.717, 1.165) is 5.56 Å². The molecule has 0 saturated heterocycles. The van der Waals surface area contributed by atoms with Crippen LogP contribution in [0.3, 0.4) is 0 Å². The Morgan fingerprint density at radius 1 is 1.10 bits per heavy atom. The van der Waals surface area contributed by atoms with Gasteiger partial charge in [-0.3, -0.25) is 9.59 Å². The Labute approximate surface area is 119 Å². The van der Waals surface area contributed by atoms with Gasteiger partial charge in [0.15, 0.2) is 0 Å². The number of anilines is 2. The van der Waals surface area contributed by atoms with Crippen LogP contribution in [0.5, 0.6) is 0 Å². The van der Waals surface area contributed by atoms with Crippen molar-refractivity contribution in [1.29, 1.82) is 0 Å². The molecule has 2 amide bonds. The van der Waals surface area contributed by atoms with E-state index in [1.165, 1.54) is 0 Å². The van der Waals surface area contributed by atoms with E-state index in [4.69, 9.17) is 5.11 Å². The van der Waals surface area contributed by atoms with E-state index in [1.807, 2.05) is 13.0 Å². The van der Waals surface area contributed by atoms with Crippen molar-refractivity contribution in [2.24, 2.45) is 0 Å². The summed E-state index contributed by atoms with van der Waals surface area (Å²) in [5.74, 6) is -0.139. The maximum absolute atomic E-state index is 11.7. The lowest BCUT2D eigenvalue weighted by atomic mass is 10.1. The van der Waals surface area contributed by atoms with Crippen LogP contribution in [0, 0.1) is 6.92 Å². The summed E-state index contributed by atoms with van der Waals surface area (Å²) in [5, 5.41) is 14.3.